The van der Waals surface area contributed by atoms with Gasteiger partial charge in [-0.1, -0.05) is 127 Å². The van der Waals surface area contributed by atoms with Gasteiger partial charge in [0.2, 0.25) is 17.1 Å². The van der Waals surface area contributed by atoms with Gasteiger partial charge in [-0.3, -0.25) is 4.98 Å². The van der Waals surface area contributed by atoms with E-state index in [0.29, 0.717) is 0 Å². The zero-order valence-corrected chi connectivity index (χ0v) is 31.0. The fourth-order valence-electron chi connectivity index (χ4n) is 9.48. The van der Waals surface area contributed by atoms with Gasteiger partial charge in [0.15, 0.2) is 0 Å². The van der Waals surface area contributed by atoms with Crippen LogP contribution in [0.1, 0.15) is 0 Å². The Bertz CT molecular complexity index is 3130. The van der Waals surface area contributed by atoms with E-state index < -0.39 is 0 Å². The van der Waals surface area contributed by atoms with Crippen molar-refractivity contribution in [2.24, 2.45) is 0 Å². The van der Waals surface area contributed by atoms with Crippen molar-refractivity contribution in [2.45, 2.75) is 6.04 Å². The normalized spacial score (nSPS) is 14.9. The lowest BCUT2D eigenvalue weighted by Crippen LogP contribution is -2.44. The molecule has 57 heavy (non-hydrogen) atoms. The van der Waals surface area contributed by atoms with Crippen LogP contribution in [-0.4, -0.2) is 21.3 Å². The Balaban J connectivity index is 1.23. The molecule has 4 heteroatoms. The standard InChI is InChI=1S/C53H35N4/c1-3-16-35(17-4-1)55-49-27-13-14-28-50(49)56(36-18-5-2-6-19-36)52-34-46-45(33-51(52)55)44-32-37(57-47-25-11-9-22-41(47)42-23-10-12-26-48(42)57)29-30-40(44)38-20-7-8-21-39(38)43-24-15-31-54-53(43)46/h1-34,50H/q+1. The predicted octanol–water partition coefficient (Wildman–Crippen LogP) is 13.1. The Morgan fingerprint density at radius 3 is 1.88 bits per heavy atom. The molecule has 2 aliphatic carbocycles. The van der Waals surface area contributed by atoms with Gasteiger partial charge in [-0.25, -0.2) is 0 Å². The van der Waals surface area contributed by atoms with Gasteiger partial charge in [-0.05, 0) is 76.3 Å². The number of benzene rings is 7. The van der Waals surface area contributed by atoms with Gasteiger partial charge in [-0.15, -0.1) is 0 Å². The second-order valence-electron chi connectivity index (χ2n) is 14.9. The molecular formula is C53H35N4+. The SMILES string of the molecule is C1=CC2=[N+](c3ccccc3)c3cc4c(cc3N(c3ccccc3)C2C=C1)-c1ncccc1-c1ccccc1-c1ccc(-n2c3ccccc3c3ccccc32)cc1-4. The summed E-state index contributed by atoms with van der Waals surface area (Å²) in [6.07, 6.45) is 10.9. The van der Waals surface area contributed by atoms with Crippen LogP contribution >= 0.6 is 0 Å². The average Bonchev–Trinajstić information content (AvgIpc) is 3.62. The highest BCUT2D eigenvalue weighted by Gasteiger charge is 2.41. The van der Waals surface area contributed by atoms with E-state index in [1.165, 1.54) is 49.8 Å². The molecule has 9 aromatic rings. The van der Waals surface area contributed by atoms with Crippen molar-refractivity contribution in [3.63, 3.8) is 0 Å². The van der Waals surface area contributed by atoms with Crippen molar-refractivity contribution < 1.29 is 0 Å². The van der Waals surface area contributed by atoms with Crippen molar-refractivity contribution in [2.75, 3.05) is 4.90 Å². The summed E-state index contributed by atoms with van der Waals surface area (Å²) in [4.78, 5) is 7.72. The van der Waals surface area contributed by atoms with Gasteiger partial charge < -0.3 is 9.47 Å². The first-order valence-electron chi connectivity index (χ1n) is 19.6. The quantitative estimate of drug-likeness (QED) is 0.169. The Morgan fingerprint density at radius 1 is 0.474 bits per heavy atom. The maximum Gasteiger partial charge on any atom is 0.236 e. The maximum absolute atomic E-state index is 5.23. The molecule has 0 saturated heterocycles. The van der Waals surface area contributed by atoms with Crippen LogP contribution in [0.5, 0.6) is 0 Å². The summed E-state index contributed by atoms with van der Waals surface area (Å²) in [7, 11) is 0. The molecule has 2 aromatic heterocycles. The Morgan fingerprint density at radius 2 is 1.11 bits per heavy atom. The number of nitrogens with zero attached hydrogens (tertiary/aromatic N) is 4. The number of aromatic nitrogens is 2. The van der Waals surface area contributed by atoms with Crippen LogP contribution < -0.4 is 9.48 Å². The first-order valence-corrected chi connectivity index (χ1v) is 19.6. The van der Waals surface area contributed by atoms with Gasteiger partial charge in [0.25, 0.3) is 0 Å². The largest absolute Gasteiger partial charge is 0.319 e. The summed E-state index contributed by atoms with van der Waals surface area (Å²) in [5.74, 6) is 0. The highest BCUT2D eigenvalue weighted by Crippen LogP contribution is 2.53. The minimum atomic E-state index is -0.0187. The molecular weight excluding hydrogens is 693 g/mol. The Kier molecular flexibility index (Phi) is 6.96. The molecule has 0 saturated carbocycles. The van der Waals surface area contributed by atoms with Crippen molar-refractivity contribution in [3.8, 4) is 50.3 Å². The van der Waals surface area contributed by atoms with Gasteiger partial charge in [0.1, 0.15) is 11.7 Å². The Hall–Kier alpha value is -7.56. The average molecular weight is 728 g/mol. The van der Waals surface area contributed by atoms with E-state index in [9.17, 15) is 0 Å². The van der Waals surface area contributed by atoms with Crippen LogP contribution in [0.15, 0.2) is 206 Å². The number of anilines is 2. The summed E-state index contributed by atoms with van der Waals surface area (Å²) in [5, 5.41) is 2.50. The van der Waals surface area contributed by atoms with Crippen molar-refractivity contribution >= 4 is 50.3 Å². The topological polar surface area (TPSA) is 24.1 Å². The van der Waals surface area contributed by atoms with Crippen LogP contribution in [0.4, 0.5) is 22.7 Å². The molecule has 0 bridgehead atoms. The lowest BCUT2D eigenvalue weighted by atomic mass is 9.81. The molecule has 1 unspecified atom stereocenters. The smallest absolute Gasteiger partial charge is 0.236 e. The molecule has 1 aliphatic heterocycles. The number of rotatable bonds is 3. The minimum Gasteiger partial charge on any atom is -0.319 e. The molecule has 7 aromatic carbocycles. The molecule has 1 atom stereocenters. The van der Waals surface area contributed by atoms with Crippen molar-refractivity contribution in [3.05, 3.63) is 206 Å². The molecule has 0 radical (unpaired) electrons. The maximum atomic E-state index is 5.23. The van der Waals surface area contributed by atoms with E-state index in [1.54, 1.807) is 0 Å². The second-order valence-corrected chi connectivity index (χ2v) is 14.9. The highest BCUT2D eigenvalue weighted by atomic mass is 15.2. The third kappa shape index (κ3) is 4.74. The first kappa shape index (κ1) is 31.8. The zero-order valence-electron chi connectivity index (χ0n) is 31.0. The lowest BCUT2D eigenvalue weighted by molar-refractivity contribution is 0.897. The van der Waals surface area contributed by atoms with Crippen LogP contribution in [0, 0.1) is 0 Å². The van der Waals surface area contributed by atoms with E-state index in [4.69, 9.17) is 4.98 Å². The van der Waals surface area contributed by atoms with E-state index in [1.807, 2.05) is 6.20 Å². The van der Waals surface area contributed by atoms with Crippen LogP contribution in [0.3, 0.4) is 0 Å². The molecule has 0 spiro atoms. The molecule has 0 amide bonds. The molecule has 12 rings (SSSR count). The number of allylic oxidation sites excluding steroid dienone is 2. The van der Waals surface area contributed by atoms with E-state index in [-0.39, 0.29) is 6.04 Å². The van der Waals surface area contributed by atoms with Gasteiger partial charge in [-0.2, -0.15) is 4.58 Å². The monoisotopic (exact) mass is 727 g/mol. The van der Waals surface area contributed by atoms with Crippen LogP contribution in [0.25, 0.3) is 72.1 Å². The second kappa shape index (κ2) is 12.5. The number of hydrogen-bond donors (Lipinski definition) is 0. The molecule has 266 valence electrons. The van der Waals surface area contributed by atoms with Crippen molar-refractivity contribution in [1.82, 2.24) is 14.1 Å². The summed E-state index contributed by atoms with van der Waals surface area (Å²) in [6, 6.07) is 64.1. The molecule has 0 N–H and O–H groups in total. The summed E-state index contributed by atoms with van der Waals surface area (Å²) < 4.78 is 4.88. The van der Waals surface area contributed by atoms with E-state index in [0.717, 1.165) is 50.8 Å². The molecule has 0 fully saturated rings. The van der Waals surface area contributed by atoms with Gasteiger partial charge in [0, 0.05) is 63.7 Å². The third-order valence-electron chi connectivity index (χ3n) is 11.9. The minimum absolute atomic E-state index is 0.0187. The fraction of sp³-hybridized carbons (Fsp3) is 0.0189. The summed E-state index contributed by atoms with van der Waals surface area (Å²) in [5.41, 5.74) is 18.3. The fourth-order valence-corrected chi connectivity index (χ4v) is 9.48. The van der Waals surface area contributed by atoms with E-state index >= 15 is 0 Å². The van der Waals surface area contributed by atoms with Crippen LogP contribution in [0.2, 0.25) is 0 Å². The van der Waals surface area contributed by atoms with Gasteiger partial charge in [0.05, 0.1) is 16.7 Å². The summed E-state index contributed by atoms with van der Waals surface area (Å²) in [6.45, 7) is 0. The van der Waals surface area contributed by atoms with Crippen molar-refractivity contribution in [1.29, 1.82) is 0 Å². The lowest BCUT2D eigenvalue weighted by Gasteiger charge is -2.36. The number of fused-ring (bicyclic) bond motifs is 13. The third-order valence-corrected chi connectivity index (χ3v) is 11.9. The first-order chi connectivity index (χ1) is 28.3. The number of pyridine rings is 1. The number of para-hydroxylation sites is 4. The van der Waals surface area contributed by atoms with Gasteiger partial charge >= 0.3 is 0 Å². The highest BCUT2D eigenvalue weighted by molar-refractivity contribution is 6.14. The van der Waals surface area contributed by atoms with E-state index in [2.05, 4.69) is 214 Å². The molecule has 3 heterocycles. The van der Waals surface area contributed by atoms with Crippen LogP contribution in [-0.2, 0) is 0 Å². The predicted molar refractivity (Wildman–Crippen MR) is 237 cm³/mol. The molecule has 4 nitrogen and oxygen atoms in total. The molecule has 3 aliphatic rings. The zero-order chi connectivity index (χ0) is 37.5. The summed E-state index contributed by atoms with van der Waals surface area (Å²) >= 11 is 0. The Labute approximate surface area is 330 Å². The number of hydrogen-bond acceptors (Lipinski definition) is 2.